The number of rotatable bonds is 3. The lowest BCUT2D eigenvalue weighted by Gasteiger charge is -2.34. The van der Waals surface area contributed by atoms with Crippen LogP contribution in [-0.4, -0.2) is 33.8 Å². The summed E-state index contributed by atoms with van der Waals surface area (Å²) in [5.41, 5.74) is 1.25. The van der Waals surface area contributed by atoms with Crippen molar-refractivity contribution in [2.24, 2.45) is 0 Å². The van der Waals surface area contributed by atoms with Gasteiger partial charge in [-0.25, -0.2) is 0 Å². The topological polar surface area (TPSA) is 56.8 Å². The number of amides is 1. The van der Waals surface area contributed by atoms with E-state index >= 15 is 0 Å². The van der Waals surface area contributed by atoms with E-state index in [9.17, 15) is 4.79 Å². The summed E-state index contributed by atoms with van der Waals surface area (Å²) >= 11 is 0. The molecule has 0 fully saturated rings. The maximum absolute atomic E-state index is 12.1. The molecule has 5 heteroatoms. The summed E-state index contributed by atoms with van der Waals surface area (Å²) in [5, 5.41) is 2.88. The average Bonchev–Trinajstić information content (AvgIpc) is 2.40. The predicted octanol–water partition coefficient (Wildman–Crippen LogP) is 1.73. The van der Waals surface area contributed by atoms with Crippen LogP contribution in [0.2, 0.25) is 0 Å². The minimum absolute atomic E-state index is 0.146. The number of carbonyl (C=O) groups is 1. The molecule has 2 rings (SSSR count). The van der Waals surface area contributed by atoms with Gasteiger partial charge in [0.05, 0.1) is 26.9 Å². The maximum Gasteiger partial charge on any atom is 0.255 e. The quantitative estimate of drug-likeness (QED) is 0.904. The molecule has 0 saturated heterocycles. The molecule has 1 aliphatic rings. The van der Waals surface area contributed by atoms with Crippen molar-refractivity contribution in [1.29, 1.82) is 0 Å². The SMILES string of the molecule is COc1cc2c(c(OC)c1OC)C(=O)NCC2(C)C. The highest BCUT2D eigenvalue weighted by molar-refractivity contribution is 6.01. The maximum atomic E-state index is 12.1. The summed E-state index contributed by atoms with van der Waals surface area (Å²) in [6.45, 7) is 4.71. The Morgan fingerprint density at radius 2 is 1.74 bits per heavy atom. The van der Waals surface area contributed by atoms with Crippen LogP contribution in [0.25, 0.3) is 0 Å². The van der Waals surface area contributed by atoms with Gasteiger partial charge in [-0.1, -0.05) is 13.8 Å². The van der Waals surface area contributed by atoms with Gasteiger partial charge in [-0.05, 0) is 11.6 Å². The van der Waals surface area contributed by atoms with Gasteiger partial charge in [0.15, 0.2) is 11.5 Å². The van der Waals surface area contributed by atoms with E-state index in [1.807, 2.05) is 6.07 Å². The van der Waals surface area contributed by atoms with Gasteiger partial charge in [0.25, 0.3) is 5.91 Å². The van der Waals surface area contributed by atoms with Crippen LogP contribution in [0.1, 0.15) is 29.8 Å². The first-order chi connectivity index (χ1) is 8.96. The number of methoxy groups -OCH3 is 3. The minimum Gasteiger partial charge on any atom is -0.493 e. The number of hydrogen-bond acceptors (Lipinski definition) is 4. The summed E-state index contributed by atoms with van der Waals surface area (Å²) in [6, 6.07) is 1.86. The number of ether oxygens (including phenoxy) is 3. The summed E-state index contributed by atoms with van der Waals surface area (Å²) in [7, 11) is 4.62. The number of hydrogen-bond donors (Lipinski definition) is 1. The molecular formula is C14H19NO4. The fourth-order valence-electron chi connectivity index (χ4n) is 2.40. The third-order valence-electron chi connectivity index (χ3n) is 3.48. The van der Waals surface area contributed by atoms with E-state index in [2.05, 4.69) is 19.2 Å². The molecule has 1 N–H and O–H groups in total. The lowest BCUT2D eigenvalue weighted by atomic mass is 9.78. The smallest absolute Gasteiger partial charge is 0.255 e. The number of benzene rings is 1. The molecule has 0 spiro atoms. The molecule has 1 amide bonds. The normalized spacial score (nSPS) is 16.4. The fourth-order valence-corrected chi connectivity index (χ4v) is 2.40. The van der Waals surface area contributed by atoms with Gasteiger partial charge in [0.1, 0.15) is 0 Å². The molecule has 1 aromatic rings. The van der Waals surface area contributed by atoms with Crippen LogP contribution in [-0.2, 0) is 5.41 Å². The Morgan fingerprint density at radius 3 is 2.26 bits per heavy atom. The van der Waals surface area contributed by atoms with Crippen molar-refractivity contribution in [3.8, 4) is 17.2 Å². The largest absolute Gasteiger partial charge is 0.493 e. The number of nitrogens with one attached hydrogen (secondary N) is 1. The van der Waals surface area contributed by atoms with Crippen molar-refractivity contribution in [2.75, 3.05) is 27.9 Å². The minimum atomic E-state index is -0.184. The van der Waals surface area contributed by atoms with Crippen LogP contribution in [0, 0.1) is 0 Å². The highest BCUT2D eigenvalue weighted by atomic mass is 16.5. The second kappa shape index (κ2) is 4.64. The highest BCUT2D eigenvalue weighted by Gasteiger charge is 2.36. The molecule has 104 valence electrons. The van der Waals surface area contributed by atoms with Crippen LogP contribution in [0.5, 0.6) is 17.2 Å². The first-order valence-electron chi connectivity index (χ1n) is 6.08. The van der Waals surface area contributed by atoms with Crippen LogP contribution >= 0.6 is 0 Å². The lowest BCUT2D eigenvalue weighted by molar-refractivity contribution is 0.0925. The second-order valence-electron chi connectivity index (χ2n) is 5.13. The molecule has 1 heterocycles. The Morgan fingerprint density at radius 1 is 1.11 bits per heavy atom. The molecule has 19 heavy (non-hydrogen) atoms. The molecule has 0 atom stereocenters. The Bertz CT molecular complexity index is 523. The predicted molar refractivity (Wildman–Crippen MR) is 71.5 cm³/mol. The molecule has 5 nitrogen and oxygen atoms in total. The van der Waals surface area contributed by atoms with Crippen molar-refractivity contribution in [1.82, 2.24) is 5.32 Å². The Hall–Kier alpha value is -1.91. The highest BCUT2D eigenvalue weighted by Crippen LogP contribution is 2.46. The van der Waals surface area contributed by atoms with Crippen LogP contribution in [0.4, 0.5) is 0 Å². The van der Waals surface area contributed by atoms with Gasteiger partial charge in [-0.15, -0.1) is 0 Å². The molecular weight excluding hydrogens is 246 g/mol. The van der Waals surface area contributed by atoms with E-state index in [1.54, 1.807) is 7.11 Å². The van der Waals surface area contributed by atoms with E-state index in [0.717, 1.165) is 5.56 Å². The molecule has 0 saturated carbocycles. The molecule has 0 radical (unpaired) electrons. The van der Waals surface area contributed by atoms with Gasteiger partial charge < -0.3 is 19.5 Å². The third kappa shape index (κ3) is 1.99. The van der Waals surface area contributed by atoms with Crippen LogP contribution in [0.3, 0.4) is 0 Å². The first kappa shape index (κ1) is 13.5. The van der Waals surface area contributed by atoms with Crippen LogP contribution < -0.4 is 19.5 Å². The summed E-state index contributed by atoms with van der Waals surface area (Å²) < 4.78 is 16.0. The number of fused-ring (bicyclic) bond motifs is 1. The molecule has 1 aromatic carbocycles. The fraction of sp³-hybridized carbons (Fsp3) is 0.500. The molecule has 0 aromatic heterocycles. The van der Waals surface area contributed by atoms with Crippen molar-refractivity contribution in [3.63, 3.8) is 0 Å². The van der Waals surface area contributed by atoms with Crippen molar-refractivity contribution in [3.05, 3.63) is 17.2 Å². The zero-order valence-corrected chi connectivity index (χ0v) is 11.9. The Balaban J connectivity index is 2.81. The summed E-state index contributed by atoms with van der Waals surface area (Å²) in [4.78, 5) is 12.1. The van der Waals surface area contributed by atoms with Gasteiger partial charge >= 0.3 is 0 Å². The average molecular weight is 265 g/mol. The van der Waals surface area contributed by atoms with Gasteiger partial charge in [-0.3, -0.25) is 4.79 Å². The van der Waals surface area contributed by atoms with Crippen LogP contribution in [0.15, 0.2) is 6.07 Å². The first-order valence-corrected chi connectivity index (χ1v) is 6.08. The van der Waals surface area contributed by atoms with Crippen molar-refractivity contribution in [2.45, 2.75) is 19.3 Å². The standard InChI is InChI=1S/C14H19NO4/c1-14(2)7-15-13(16)10-8(14)6-9(17-3)11(18-4)12(10)19-5/h6H,7H2,1-5H3,(H,15,16). The third-order valence-corrected chi connectivity index (χ3v) is 3.48. The van der Waals surface area contributed by atoms with E-state index in [-0.39, 0.29) is 11.3 Å². The van der Waals surface area contributed by atoms with Gasteiger partial charge in [0.2, 0.25) is 5.75 Å². The van der Waals surface area contributed by atoms with E-state index in [4.69, 9.17) is 14.2 Å². The summed E-state index contributed by atoms with van der Waals surface area (Å²) in [6.07, 6.45) is 0. The summed E-state index contributed by atoms with van der Waals surface area (Å²) in [5.74, 6) is 1.28. The van der Waals surface area contributed by atoms with Crippen molar-refractivity contribution < 1.29 is 19.0 Å². The molecule has 0 bridgehead atoms. The van der Waals surface area contributed by atoms with E-state index in [0.29, 0.717) is 29.4 Å². The molecule has 0 aliphatic carbocycles. The van der Waals surface area contributed by atoms with E-state index < -0.39 is 0 Å². The Labute approximate surface area is 112 Å². The lowest BCUT2D eigenvalue weighted by Crippen LogP contribution is -2.43. The molecule has 1 aliphatic heterocycles. The van der Waals surface area contributed by atoms with Crippen molar-refractivity contribution >= 4 is 5.91 Å². The van der Waals surface area contributed by atoms with Gasteiger partial charge in [-0.2, -0.15) is 0 Å². The number of carbonyl (C=O) groups excluding carboxylic acids is 1. The zero-order chi connectivity index (χ0) is 14.2. The monoisotopic (exact) mass is 265 g/mol. The van der Waals surface area contributed by atoms with E-state index in [1.165, 1.54) is 14.2 Å². The molecule has 0 unspecified atom stereocenters. The van der Waals surface area contributed by atoms with Gasteiger partial charge in [0, 0.05) is 12.0 Å². The Kier molecular flexibility index (Phi) is 3.30. The second-order valence-corrected chi connectivity index (χ2v) is 5.13. The zero-order valence-electron chi connectivity index (χ0n) is 11.9.